The number of halogens is 3. The number of amides is 1. The molecule has 3 aromatic rings. The average molecular weight is 391 g/mol. The lowest BCUT2D eigenvalue weighted by molar-refractivity contribution is -0.137. The summed E-state index contributed by atoms with van der Waals surface area (Å²) in [6.45, 7) is 4.30. The molecule has 1 fully saturated rings. The summed E-state index contributed by atoms with van der Waals surface area (Å²) in [6.07, 6.45) is -4.44. The van der Waals surface area contributed by atoms with E-state index in [-0.39, 0.29) is 23.2 Å². The molecule has 9 heteroatoms. The molecule has 0 spiro atoms. The fourth-order valence-electron chi connectivity index (χ4n) is 3.17. The van der Waals surface area contributed by atoms with Crippen molar-refractivity contribution in [1.29, 1.82) is 0 Å². The van der Waals surface area contributed by atoms with Crippen LogP contribution in [0, 0.1) is 13.8 Å². The van der Waals surface area contributed by atoms with Crippen LogP contribution in [0.1, 0.15) is 39.3 Å². The van der Waals surface area contributed by atoms with Gasteiger partial charge in [-0.15, -0.1) is 0 Å². The summed E-state index contributed by atoms with van der Waals surface area (Å²) in [5.74, 6) is 1.34. The second kappa shape index (κ2) is 6.50. The van der Waals surface area contributed by atoms with E-state index in [1.807, 2.05) is 0 Å². The van der Waals surface area contributed by atoms with Crippen LogP contribution in [0.5, 0.6) is 0 Å². The largest absolute Gasteiger partial charge is 0.466 e. The molecule has 0 unspecified atom stereocenters. The molecule has 0 radical (unpaired) electrons. The third-order valence-electron chi connectivity index (χ3n) is 4.68. The van der Waals surface area contributed by atoms with Gasteiger partial charge in [0.15, 0.2) is 0 Å². The second-order valence-corrected chi connectivity index (χ2v) is 6.77. The molecule has 1 aliphatic rings. The zero-order valence-corrected chi connectivity index (χ0v) is 15.1. The van der Waals surface area contributed by atoms with Gasteiger partial charge in [0.1, 0.15) is 11.5 Å². The fourth-order valence-corrected chi connectivity index (χ4v) is 3.17. The Morgan fingerprint density at radius 3 is 2.61 bits per heavy atom. The third kappa shape index (κ3) is 3.28. The zero-order chi connectivity index (χ0) is 20.1. The van der Waals surface area contributed by atoms with Gasteiger partial charge in [-0.2, -0.15) is 18.2 Å². The van der Waals surface area contributed by atoms with Crippen LogP contribution in [0.15, 0.2) is 39.3 Å². The highest BCUT2D eigenvalue weighted by atomic mass is 19.4. The Hall–Kier alpha value is -3.10. The number of aryl methyl sites for hydroxylation is 2. The van der Waals surface area contributed by atoms with Crippen molar-refractivity contribution in [2.75, 3.05) is 13.1 Å². The van der Waals surface area contributed by atoms with Gasteiger partial charge < -0.3 is 13.8 Å². The first kappa shape index (κ1) is 18.3. The normalized spacial score (nSPS) is 15.0. The van der Waals surface area contributed by atoms with Crippen molar-refractivity contribution in [1.82, 2.24) is 15.0 Å². The summed E-state index contributed by atoms with van der Waals surface area (Å²) in [6, 6.07) is 6.45. The van der Waals surface area contributed by atoms with E-state index in [4.69, 9.17) is 8.94 Å². The van der Waals surface area contributed by atoms with Crippen molar-refractivity contribution in [3.05, 3.63) is 58.9 Å². The van der Waals surface area contributed by atoms with Crippen molar-refractivity contribution in [2.24, 2.45) is 0 Å². The van der Waals surface area contributed by atoms with Gasteiger partial charge in [0, 0.05) is 18.7 Å². The number of carbonyl (C=O) groups is 1. The molecular formula is C19H16F3N3O3. The first-order valence-corrected chi connectivity index (χ1v) is 8.60. The van der Waals surface area contributed by atoms with E-state index >= 15 is 0 Å². The van der Waals surface area contributed by atoms with E-state index in [9.17, 15) is 18.0 Å². The smallest absolute Gasteiger partial charge is 0.416 e. The summed E-state index contributed by atoms with van der Waals surface area (Å²) in [4.78, 5) is 18.3. The SMILES string of the molecule is Cc1cc(C(=O)N2CC(c3nc(-c4cccc(C(F)(F)F)c4)no3)C2)c(C)o1. The highest BCUT2D eigenvalue weighted by Gasteiger charge is 2.37. The lowest BCUT2D eigenvalue weighted by atomic mass is 9.98. The predicted molar refractivity (Wildman–Crippen MR) is 91.6 cm³/mol. The highest BCUT2D eigenvalue weighted by molar-refractivity contribution is 5.95. The molecule has 28 heavy (non-hydrogen) atoms. The maximum absolute atomic E-state index is 12.9. The topological polar surface area (TPSA) is 72.4 Å². The van der Waals surface area contributed by atoms with Crippen LogP contribution >= 0.6 is 0 Å². The lowest BCUT2D eigenvalue weighted by Gasteiger charge is -2.36. The minimum absolute atomic E-state index is 0.0900. The van der Waals surface area contributed by atoms with Gasteiger partial charge in [-0.3, -0.25) is 4.79 Å². The molecule has 4 rings (SSSR count). The summed E-state index contributed by atoms with van der Waals surface area (Å²) >= 11 is 0. The molecule has 0 atom stereocenters. The molecule has 0 bridgehead atoms. The van der Waals surface area contributed by atoms with Crippen molar-refractivity contribution < 1.29 is 26.9 Å². The molecular weight excluding hydrogens is 375 g/mol. The number of benzene rings is 1. The molecule has 1 saturated heterocycles. The molecule has 0 saturated carbocycles. The molecule has 3 heterocycles. The molecule has 6 nitrogen and oxygen atoms in total. The molecule has 146 valence electrons. The summed E-state index contributed by atoms with van der Waals surface area (Å²) in [5, 5.41) is 3.79. The second-order valence-electron chi connectivity index (χ2n) is 6.77. The Morgan fingerprint density at radius 1 is 1.21 bits per heavy atom. The molecule has 1 amide bonds. The van der Waals surface area contributed by atoms with Gasteiger partial charge in [-0.25, -0.2) is 0 Å². The maximum Gasteiger partial charge on any atom is 0.416 e. The Labute approximate surface area is 157 Å². The van der Waals surface area contributed by atoms with Crippen LogP contribution in [0.3, 0.4) is 0 Å². The number of hydrogen-bond acceptors (Lipinski definition) is 5. The van der Waals surface area contributed by atoms with Gasteiger partial charge in [-0.1, -0.05) is 17.3 Å². The van der Waals surface area contributed by atoms with Crippen LogP contribution in [-0.2, 0) is 6.18 Å². The fraction of sp³-hybridized carbons (Fsp3) is 0.316. The van der Waals surface area contributed by atoms with Crippen molar-refractivity contribution in [3.63, 3.8) is 0 Å². The first-order chi connectivity index (χ1) is 13.2. The van der Waals surface area contributed by atoms with E-state index in [1.54, 1.807) is 24.8 Å². The van der Waals surface area contributed by atoms with Crippen LogP contribution in [0.25, 0.3) is 11.4 Å². The average Bonchev–Trinajstić information content (AvgIpc) is 3.19. The van der Waals surface area contributed by atoms with Crippen molar-refractivity contribution >= 4 is 5.91 Å². The Kier molecular flexibility index (Phi) is 4.24. The Bertz CT molecular complexity index is 1030. The number of furan rings is 1. The monoisotopic (exact) mass is 391 g/mol. The van der Waals surface area contributed by atoms with Gasteiger partial charge in [-0.05, 0) is 32.0 Å². The van der Waals surface area contributed by atoms with Crippen molar-refractivity contribution in [3.8, 4) is 11.4 Å². The van der Waals surface area contributed by atoms with E-state index < -0.39 is 11.7 Å². The van der Waals surface area contributed by atoms with E-state index in [1.165, 1.54) is 12.1 Å². The van der Waals surface area contributed by atoms with Gasteiger partial charge >= 0.3 is 6.18 Å². The summed E-state index contributed by atoms with van der Waals surface area (Å²) in [7, 11) is 0. The number of nitrogens with zero attached hydrogens (tertiary/aromatic N) is 3. The standard InChI is InChI=1S/C19H16F3N3O3/c1-10-6-15(11(2)27-10)18(26)25-8-13(9-25)17-23-16(24-28-17)12-4-3-5-14(7-12)19(20,21)22/h3-7,13H,8-9H2,1-2H3. The van der Waals surface area contributed by atoms with Crippen LogP contribution in [0.2, 0.25) is 0 Å². The molecule has 1 aromatic carbocycles. The molecule has 2 aromatic heterocycles. The highest BCUT2D eigenvalue weighted by Crippen LogP contribution is 2.33. The minimum Gasteiger partial charge on any atom is -0.466 e. The lowest BCUT2D eigenvalue weighted by Crippen LogP contribution is -2.48. The Morgan fingerprint density at radius 2 is 1.96 bits per heavy atom. The number of rotatable bonds is 3. The number of carbonyl (C=O) groups excluding carboxylic acids is 1. The third-order valence-corrected chi connectivity index (χ3v) is 4.68. The number of alkyl halides is 3. The summed E-state index contributed by atoms with van der Waals surface area (Å²) in [5.41, 5.74) is -0.0322. The van der Waals surface area contributed by atoms with Gasteiger partial charge in [0.05, 0.1) is 17.0 Å². The van der Waals surface area contributed by atoms with E-state index in [0.29, 0.717) is 36.1 Å². The number of likely N-dealkylation sites (tertiary alicyclic amines) is 1. The van der Waals surface area contributed by atoms with Gasteiger partial charge in [0.2, 0.25) is 11.7 Å². The first-order valence-electron chi connectivity index (χ1n) is 8.60. The molecule has 0 aliphatic carbocycles. The van der Waals surface area contributed by atoms with Gasteiger partial charge in [0.25, 0.3) is 5.91 Å². The minimum atomic E-state index is -4.44. The summed E-state index contributed by atoms with van der Waals surface area (Å²) < 4.78 is 49.2. The quantitative estimate of drug-likeness (QED) is 0.669. The Balaban J connectivity index is 1.45. The molecule has 0 N–H and O–H groups in total. The predicted octanol–water partition coefficient (Wildman–Crippen LogP) is 4.20. The van der Waals surface area contributed by atoms with E-state index in [2.05, 4.69) is 10.1 Å². The number of aromatic nitrogens is 2. The van der Waals surface area contributed by atoms with Crippen molar-refractivity contribution in [2.45, 2.75) is 25.9 Å². The van der Waals surface area contributed by atoms with E-state index in [0.717, 1.165) is 12.1 Å². The number of hydrogen-bond donors (Lipinski definition) is 0. The van der Waals surface area contributed by atoms with Crippen LogP contribution in [-0.4, -0.2) is 34.0 Å². The van der Waals surface area contributed by atoms with Crippen LogP contribution in [0.4, 0.5) is 13.2 Å². The maximum atomic E-state index is 12.9. The van der Waals surface area contributed by atoms with Crippen LogP contribution < -0.4 is 0 Å². The molecule has 1 aliphatic heterocycles. The zero-order valence-electron chi connectivity index (χ0n) is 15.1.